The lowest BCUT2D eigenvalue weighted by atomic mass is 9.74. The molecule has 0 radical (unpaired) electrons. The van der Waals surface area contributed by atoms with E-state index in [2.05, 4.69) is 17.6 Å². The van der Waals surface area contributed by atoms with Crippen molar-refractivity contribution in [3.05, 3.63) is 136 Å². The van der Waals surface area contributed by atoms with Crippen molar-refractivity contribution in [2.45, 2.75) is 37.5 Å². The minimum absolute atomic E-state index is 0.424. The van der Waals surface area contributed by atoms with Crippen LogP contribution in [-0.4, -0.2) is 4.87 Å². The largest absolute Gasteiger partial charge is 0.292 e. The van der Waals surface area contributed by atoms with E-state index in [1.807, 2.05) is 111 Å². The first-order valence-corrected chi connectivity index (χ1v) is 12.4. The van der Waals surface area contributed by atoms with Gasteiger partial charge in [-0.1, -0.05) is 98.8 Å². The van der Waals surface area contributed by atoms with Crippen LogP contribution in [0.4, 0.5) is 11.4 Å². The lowest BCUT2D eigenvalue weighted by Crippen LogP contribution is -2.25. The van der Waals surface area contributed by atoms with Gasteiger partial charge in [0.25, 0.3) is 5.69 Å². The normalized spacial score (nSPS) is 13.8. The van der Waals surface area contributed by atoms with Crippen molar-refractivity contribution in [2.24, 2.45) is 0 Å². The molecule has 0 saturated carbocycles. The topological polar surface area (TPSA) is 79.7 Å². The van der Waals surface area contributed by atoms with E-state index < -0.39 is 10.8 Å². The number of nitriles is 2. The van der Waals surface area contributed by atoms with E-state index >= 15 is 0 Å². The molecule has 2 atom stereocenters. The highest BCUT2D eigenvalue weighted by molar-refractivity contribution is 5.52. The third kappa shape index (κ3) is 4.73. The molecule has 0 unspecified atom stereocenters. The summed E-state index contributed by atoms with van der Waals surface area (Å²) >= 11 is 0. The molecule has 37 heavy (non-hydrogen) atoms. The van der Waals surface area contributed by atoms with Gasteiger partial charge in [-0.15, -0.1) is 5.43 Å². The number of rotatable bonds is 9. The van der Waals surface area contributed by atoms with Gasteiger partial charge in [-0.2, -0.15) is 10.5 Å². The Labute approximate surface area is 218 Å². The van der Waals surface area contributed by atoms with Crippen LogP contribution < -0.4 is 5.43 Å². The molecule has 0 aliphatic heterocycles. The van der Waals surface area contributed by atoms with Gasteiger partial charge in [0.2, 0.25) is 0 Å². The van der Waals surface area contributed by atoms with Crippen LogP contribution in [0.15, 0.2) is 109 Å². The van der Waals surface area contributed by atoms with Gasteiger partial charge in [-0.05, 0) is 47.2 Å². The Balaban J connectivity index is 1.54. The standard InChI is InChI=1S/C32H29N4O/c1-3-31(23-33,25-11-7-5-8-12-25)27-15-19-29(20-16-27)35-36(37)30-21-17-28(18-22-30)32(4-2,24-34)26-13-9-6-10-14-26/h5-22H,3-4H2,1-2H3,(H,35,37)/q+1/t31-,32+/m1/s1. The van der Waals surface area contributed by atoms with Gasteiger partial charge in [-0.3, -0.25) is 0 Å². The van der Waals surface area contributed by atoms with Gasteiger partial charge in [0, 0.05) is 12.1 Å². The van der Waals surface area contributed by atoms with E-state index in [-0.39, 0.29) is 0 Å². The highest BCUT2D eigenvalue weighted by Crippen LogP contribution is 2.37. The lowest BCUT2D eigenvalue weighted by Gasteiger charge is -2.26. The number of nitroso groups, excluding NO2 is 1. The molecule has 0 bridgehead atoms. The van der Waals surface area contributed by atoms with Gasteiger partial charge in [0.05, 0.1) is 17.0 Å². The van der Waals surface area contributed by atoms with E-state index in [1.165, 1.54) is 0 Å². The maximum Gasteiger partial charge on any atom is 0.292 e. The number of nitrogens with one attached hydrogen (secondary N) is 1. The minimum atomic E-state index is -0.776. The second-order valence-electron chi connectivity index (χ2n) is 9.00. The number of benzene rings is 4. The number of hydrogen-bond acceptors (Lipinski definition) is 3. The van der Waals surface area contributed by atoms with Crippen molar-refractivity contribution >= 4 is 11.4 Å². The van der Waals surface area contributed by atoms with E-state index in [0.717, 1.165) is 22.3 Å². The molecule has 5 heteroatoms. The van der Waals surface area contributed by atoms with Gasteiger partial charge < -0.3 is 0 Å². The number of anilines is 1. The monoisotopic (exact) mass is 485 g/mol. The molecule has 182 valence electrons. The maximum atomic E-state index is 12.9. The highest BCUT2D eigenvalue weighted by atomic mass is 16.3. The lowest BCUT2D eigenvalue weighted by molar-refractivity contribution is -0.427. The van der Waals surface area contributed by atoms with Crippen LogP contribution in [0.1, 0.15) is 48.9 Å². The first kappa shape index (κ1) is 25.4. The zero-order valence-corrected chi connectivity index (χ0v) is 21.1. The summed E-state index contributed by atoms with van der Waals surface area (Å²) in [7, 11) is 0. The van der Waals surface area contributed by atoms with Gasteiger partial charge in [-0.25, -0.2) is 0 Å². The molecule has 0 fully saturated rings. The molecule has 0 saturated heterocycles. The summed E-state index contributed by atoms with van der Waals surface area (Å²) in [5.74, 6) is 0. The van der Waals surface area contributed by atoms with Gasteiger partial charge >= 0.3 is 0 Å². The Morgan fingerprint density at radius 2 is 1.00 bits per heavy atom. The van der Waals surface area contributed by atoms with E-state index in [9.17, 15) is 15.4 Å². The van der Waals surface area contributed by atoms with Crippen molar-refractivity contribution in [1.82, 2.24) is 0 Å². The molecule has 4 aromatic rings. The summed E-state index contributed by atoms with van der Waals surface area (Å²) in [5, 5.41) is 20.2. The average molecular weight is 486 g/mol. The first-order chi connectivity index (χ1) is 18.0. The molecule has 0 amide bonds. The van der Waals surface area contributed by atoms with Crippen LogP contribution >= 0.6 is 0 Å². The highest BCUT2D eigenvalue weighted by Gasteiger charge is 2.34. The van der Waals surface area contributed by atoms with Crippen LogP contribution in [0, 0.1) is 27.6 Å². The zero-order chi connectivity index (χ0) is 26.3. The number of nitrogens with zero attached hydrogens (tertiary/aromatic N) is 3. The summed E-state index contributed by atoms with van der Waals surface area (Å²) < 4.78 is 0. The number of hydrazine groups is 1. The summed E-state index contributed by atoms with van der Waals surface area (Å²) in [6, 6.07) is 39.0. The Hall–Kier alpha value is -4.74. The Kier molecular flexibility index (Phi) is 7.47. The summed E-state index contributed by atoms with van der Waals surface area (Å²) in [4.78, 5) is 13.6. The summed E-state index contributed by atoms with van der Waals surface area (Å²) in [6.45, 7) is 4.00. The average Bonchev–Trinajstić information content (AvgIpc) is 2.97. The van der Waals surface area contributed by atoms with Crippen LogP contribution in [0.2, 0.25) is 0 Å². The Bertz CT molecular complexity index is 1440. The molecule has 0 heterocycles. The van der Waals surface area contributed by atoms with Crippen LogP contribution in [-0.2, 0) is 10.8 Å². The molecule has 0 aromatic heterocycles. The van der Waals surface area contributed by atoms with Crippen LogP contribution in [0.3, 0.4) is 0 Å². The third-order valence-corrected chi connectivity index (χ3v) is 7.18. The Morgan fingerprint density at radius 1 is 0.622 bits per heavy atom. The molecular formula is C32H29N4O+. The van der Waals surface area contributed by atoms with Crippen molar-refractivity contribution < 1.29 is 4.87 Å². The molecule has 4 aromatic carbocycles. The van der Waals surface area contributed by atoms with E-state index in [4.69, 9.17) is 0 Å². The molecule has 0 aliphatic carbocycles. The maximum absolute atomic E-state index is 12.9. The fraction of sp³-hybridized carbons (Fsp3) is 0.188. The minimum Gasteiger partial charge on any atom is -0.197 e. The van der Waals surface area contributed by atoms with Crippen LogP contribution in [0.5, 0.6) is 0 Å². The fourth-order valence-corrected chi connectivity index (χ4v) is 4.90. The summed E-state index contributed by atoms with van der Waals surface area (Å²) in [6.07, 6.45) is 1.24. The van der Waals surface area contributed by atoms with E-state index in [0.29, 0.717) is 29.1 Å². The molecule has 1 N–H and O–H groups in total. The predicted molar refractivity (Wildman–Crippen MR) is 146 cm³/mol. The molecule has 0 spiro atoms. The second kappa shape index (κ2) is 10.9. The smallest absolute Gasteiger partial charge is 0.197 e. The van der Waals surface area contributed by atoms with E-state index in [1.54, 1.807) is 12.1 Å². The van der Waals surface area contributed by atoms with Crippen molar-refractivity contribution in [2.75, 3.05) is 5.43 Å². The second-order valence-corrected chi connectivity index (χ2v) is 9.00. The zero-order valence-electron chi connectivity index (χ0n) is 21.1. The van der Waals surface area contributed by atoms with Gasteiger partial charge in [0.1, 0.15) is 16.5 Å². The molecule has 5 nitrogen and oxygen atoms in total. The molecule has 0 aliphatic rings. The van der Waals surface area contributed by atoms with Crippen molar-refractivity contribution in [3.8, 4) is 12.1 Å². The van der Waals surface area contributed by atoms with Gasteiger partial charge in [0.15, 0.2) is 4.87 Å². The Morgan fingerprint density at radius 3 is 1.38 bits per heavy atom. The summed E-state index contributed by atoms with van der Waals surface area (Å²) in [5.41, 5.74) is 5.97. The number of hydrogen-bond donors (Lipinski definition) is 1. The third-order valence-electron chi connectivity index (χ3n) is 7.18. The quantitative estimate of drug-likeness (QED) is 0.196. The SMILES string of the molecule is CC[C@@](C#N)(c1ccccc1)c1ccc(N[N+](=O)c2ccc([C@](C#N)(CC)c3ccccc3)cc2)cc1. The predicted octanol–water partition coefficient (Wildman–Crippen LogP) is 7.56. The van der Waals surface area contributed by atoms with Crippen molar-refractivity contribution in [1.29, 1.82) is 10.5 Å². The van der Waals surface area contributed by atoms with Crippen molar-refractivity contribution in [3.63, 3.8) is 0 Å². The van der Waals surface area contributed by atoms with Crippen LogP contribution in [0.25, 0.3) is 0 Å². The fourth-order valence-electron chi connectivity index (χ4n) is 4.90. The molecular weight excluding hydrogens is 456 g/mol. The first-order valence-electron chi connectivity index (χ1n) is 12.4. The molecule has 4 rings (SSSR count).